The molecular weight excluding hydrogens is 252 g/mol. The molecule has 4 N–H and O–H groups in total. The second-order valence-electron chi connectivity index (χ2n) is 5.25. The molecule has 6 heteroatoms. The Balaban J connectivity index is 1.56. The Labute approximate surface area is 118 Å². The van der Waals surface area contributed by atoms with Crippen molar-refractivity contribution in [2.45, 2.75) is 25.4 Å². The smallest absolute Gasteiger partial charge is 0.243 e. The van der Waals surface area contributed by atoms with E-state index in [9.17, 15) is 0 Å². The van der Waals surface area contributed by atoms with Gasteiger partial charge in [-0.2, -0.15) is 4.98 Å². The fraction of sp³-hybridized carbons (Fsp3) is 0.429. The van der Waals surface area contributed by atoms with E-state index in [0.29, 0.717) is 17.9 Å². The molecule has 2 heterocycles. The maximum atomic E-state index is 5.53. The van der Waals surface area contributed by atoms with E-state index < -0.39 is 0 Å². The number of nitrogens with two attached hydrogens (primary N) is 1. The second-order valence-corrected chi connectivity index (χ2v) is 5.25. The number of nitrogens with zero attached hydrogens (tertiary/aromatic N) is 3. The van der Waals surface area contributed by atoms with Crippen LogP contribution in [0.5, 0.6) is 0 Å². The average Bonchev–Trinajstić information content (AvgIpc) is 2.86. The van der Waals surface area contributed by atoms with Crippen LogP contribution < -0.4 is 11.1 Å². The number of aromatic nitrogens is 3. The lowest BCUT2D eigenvalue weighted by atomic mass is 10.0. The summed E-state index contributed by atoms with van der Waals surface area (Å²) in [7, 11) is 0. The zero-order chi connectivity index (χ0) is 13.8. The standard InChI is InChI=1S/C14H20N6/c15-13-17-14(19-18-13)16-12-7-4-8-20(10-12)9-11-5-2-1-3-6-11/h1-3,5-6,12H,4,7-10H2,(H4,15,16,17,18,19). The van der Waals surface area contributed by atoms with Gasteiger partial charge in [-0.15, -0.1) is 5.10 Å². The lowest BCUT2D eigenvalue weighted by molar-refractivity contribution is 0.208. The molecule has 1 aliphatic rings. The fourth-order valence-electron chi connectivity index (χ4n) is 2.68. The van der Waals surface area contributed by atoms with Crippen molar-refractivity contribution in [3.8, 4) is 0 Å². The molecule has 1 atom stereocenters. The van der Waals surface area contributed by atoms with Crippen molar-refractivity contribution in [1.82, 2.24) is 20.1 Å². The molecule has 1 aromatic heterocycles. The first-order valence-corrected chi connectivity index (χ1v) is 7.00. The van der Waals surface area contributed by atoms with E-state index in [-0.39, 0.29) is 0 Å². The highest BCUT2D eigenvalue weighted by molar-refractivity contribution is 5.31. The summed E-state index contributed by atoms with van der Waals surface area (Å²) in [5.74, 6) is 0.943. The Bertz CT molecular complexity index is 538. The van der Waals surface area contributed by atoms with Gasteiger partial charge in [0.25, 0.3) is 0 Å². The van der Waals surface area contributed by atoms with E-state index in [4.69, 9.17) is 5.73 Å². The summed E-state index contributed by atoms with van der Waals surface area (Å²) >= 11 is 0. The quantitative estimate of drug-likeness (QED) is 0.785. The maximum absolute atomic E-state index is 5.53. The van der Waals surface area contributed by atoms with E-state index in [1.807, 2.05) is 0 Å². The topological polar surface area (TPSA) is 82.9 Å². The highest BCUT2D eigenvalue weighted by Gasteiger charge is 2.20. The molecule has 1 fully saturated rings. The van der Waals surface area contributed by atoms with Gasteiger partial charge < -0.3 is 11.1 Å². The molecule has 0 saturated carbocycles. The lowest BCUT2D eigenvalue weighted by Crippen LogP contribution is -2.41. The minimum atomic E-state index is 0.351. The van der Waals surface area contributed by atoms with Crippen LogP contribution in [-0.4, -0.2) is 39.2 Å². The van der Waals surface area contributed by atoms with Gasteiger partial charge in [-0.1, -0.05) is 30.3 Å². The van der Waals surface area contributed by atoms with Gasteiger partial charge >= 0.3 is 0 Å². The summed E-state index contributed by atoms with van der Waals surface area (Å²) in [6.07, 6.45) is 2.32. The molecule has 1 aromatic carbocycles. The third kappa shape index (κ3) is 3.27. The Morgan fingerprint density at radius 2 is 2.20 bits per heavy atom. The fourth-order valence-corrected chi connectivity index (χ4v) is 2.68. The molecule has 0 aliphatic carbocycles. The van der Waals surface area contributed by atoms with Gasteiger partial charge in [-0.05, 0) is 24.9 Å². The number of nitrogens with one attached hydrogen (secondary N) is 2. The molecule has 0 amide bonds. The lowest BCUT2D eigenvalue weighted by Gasteiger charge is -2.32. The maximum Gasteiger partial charge on any atom is 0.243 e. The van der Waals surface area contributed by atoms with Crippen molar-refractivity contribution in [3.63, 3.8) is 0 Å². The highest BCUT2D eigenvalue weighted by atomic mass is 15.3. The molecule has 1 saturated heterocycles. The van der Waals surface area contributed by atoms with E-state index in [0.717, 1.165) is 26.1 Å². The normalized spacial score (nSPS) is 19.9. The van der Waals surface area contributed by atoms with Crippen LogP contribution in [0.25, 0.3) is 0 Å². The number of H-pyrrole nitrogens is 1. The van der Waals surface area contributed by atoms with Crippen molar-refractivity contribution in [3.05, 3.63) is 35.9 Å². The Morgan fingerprint density at radius 1 is 1.35 bits per heavy atom. The van der Waals surface area contributed by atoms with Gasteiger partial charge in [0.15, 0.2) is 0 Å². The largest absolute Gasteiger partial charge is 0.368 e. The predicted octanol–water partition coefficient (Wildman–Crippen LogP) is 1.46. The van der Waals surface area contributed by atoms with Gasteiger partial charge in [0.2, 0.25) is 11.9 Å². The number of aromatic amines is 1. The minimum absolute atomic E-state index is 0.351. The van der Waals surface area contributed by atoms with Crippen molar-refractivity contribution in [2.24, 2.45) is 0 Å². The van der Waals surface area contributed by atoms with E-state index in [1.165, 1.54) is 12.0 Å². The molecular formula is C14H20N6. The molecule has 0 radical (unpaired) electrons. The molecule has 1 unspecified atom stereocenters. The number of piperidine rings is 1. The molecule has 106 valence electrons. The van der Waals surface area contributed by atoms with Crippen molar-refractivity contribution in [1.29, 1.82) is 0 Å². The van der Waals surface area contributed by atoms with Gasteiger partial charge in [-0.3, -0.25) is 4.90 Å². The summed E-state index contributed by atoms with van der Waals surface area (Å²) in [6.45, 7) is 3.14. The van der Waals surface area contributed by atoms with Crippen LogP contribution in [0.4, 0.5) is 11.9 Å². The zero-order valence-corrected chi connectivity index (χ0v) is 11.4. The molecule has 2 aromatic rings. The summed E-state index contributed by atoms with van der Waals surface area (Å²) < 4.78 is 0. The van der Waals surface area contributed by atoms with E-state index in [2.05, 4.69) is 55.7 Å². The molecule has 3 rings (SSSR count). The van der Waals surface area contributed by atoms with Gasteiger partial charge in [-0.25, -0.2) is 5.10 Å². The predicted molar refractivity (Wildman–Crippen MR) is 79.2 cm³/mol. The molecule has 6 nitrogen and oxygen atoms in total. The third-order valence-corrected chi connectivity index (χ3v) is 3.59. The SMILES string of the molecule is Nc1nc(NC2CCCN(Cc3ccccc3)C2)n[nH]1. The highest BCUT2D eigenvalue weighted by Crippen LogP contribution is 2.16. The summed E-state index contributed by atoms with van der Waals surface area (Å²) in [4.78, 5) is 6.56. The van der Waals surface area contributed by atoms with Crippen LogP contribution in [0.3, 0.4) is 0 Å². The van der Waals surface area contributed by atoms with Crippen molar-refractivity contribution >= 4 is 11.9 Å². The summed E-state index contributed by atoms with van der Waals surface area (Å²) in [6, 6.07) is 11.0. The number of nitrogen functional groups attached to an aromatic ring is 1. The van der Waals surface area contributed by atoms with Crippen LogP contribution in [0.2, 0.25) is 0 Å². The van der Waals surface area contributed by atoms with Gasteiger partial charge in [0, 0.05) is 19.1 Å². The van der Waals surface area contributed by atoms with Crippen LogP contribution in [0, 0.1) is 0 Å². The number of hydrogen-bond acceptors (Lipinski definition) is 5. The van der Waals surface area contributed by atoms with Crippen LogP contribution in [0.1, 0.15) is 18.4 Å². The first-order chi connectivity index (χ1) is 9.79. The Kier molecular flexibility index (Phi) is 3.83. The number of anilines is 2. The Hall–Kier alpha value is -2.08. The number of likely N-dealkylation sites (tertiary alicyclic amines) is 1. The monoisotopic (exact) mass is 272 g/mol. The summed E-state index contributed by atoms with van der Waals surface area (Å²) in [5, 5.41) is 10.0. The Morgan fingerprint density at radius 3 is 2.95 bits per heavy atom. The van der Waals surface area contributed by atoms with Crippen LogP contribution in [-0.2, 0) is 6.54 Å². The van der Waals surface area contributed by atoms with Crippen molar-refractivity contribution in [2.75, 3.05) is 24.1 Å². The average molecular weight is 272 g/mol. The number of hydrogen-bond donors (Lipinski definition) is 3. The van der Waals surface area contributed by atoms with E-state index >= 15 is 0 Å². The second kappa shape index (κ2) is 5.92. The molecule has 0 bridgehead atoms. The van der Waals surface area contributed by atoms with Crippen LogP contribution in [0.15, 0.2) is 30.3 Å². The summed E-state index contributed by atoms with van der Waals surface area (Å²) in [5.41, 5.74) is 6.89. The van der Waals surface area contributed by atoms with Crippen molar-refractivity contribution < 1.29 is 0 Å². The van der Waals surface area contributed by atoms with Crippen LogP contribution >= 0.6 is 0 Å². The first kappa shape index (κ1) is 12.9. The van der Waals surface area contributed by atoms with E-state index in [1.54, 1.807) is 0 Å². The number of rotatable bonds is 4. The third-order valence-electron chi connectivity index (χ3n) is 3.59. The van der Waals surface area contributed by atoms with Gasteiger partial charge in [0.1, 0.15) is 0 Å². The molecule has 0 spiro atoms. The molecule has 20 heavy (non-hydrogen) atoms. The minimum Gasteiger partial charge on any atom is -0.368 e. The molecule has 1 aliphatic heterocycles. The zero-order valence-electron chi connectivity index (χ0n) is 11.4. The first-order valence-electron chi connectivity index (χ1n) is 7.00. The number of benzene rings is 1. The van der Waals surface area contributed by atoms with Gasteiger partial charge in [0.05, 0.1) is 0 Å².